The summed E-state index contributed by atoms with van der Waals surface area (Å²) in [5.41, 5.74) is 2.46. The van der Waals surface area contributed by atoms with E-state index in [2.05, 4.69) is 23.2 Å². The molecule has 1 aliphatic rings. The molecule has 2 aromatic rings. The van der Waals surface area contributed by atoms with Gasteiger partial charge < -0.3 is 9.88 Å². The van der Waals surface area contributed by atoms with Gasteiger partial charge in [-0.25, -0.2) is 4.39 Å². The lowest BCUT2D eigenvalue weighted by Crippen LogP contribution is -2.29. The Morgan fingerprint density at radius 2 is 1.96 bits per heavy atom. The van der Waals surface area contributed by atoms with Gasteiger partial charge in [0.15, 0.2) is 0 Å². The first-order valence-electron chi connectivity index (χ1n) is 8.67. The number of halogens is 1. The van der Waals surface area contributed by atoms with E-state index in [4.69, 9.17) is 0 Å². The number of fused-ring (bicyclic) bond motifs is 1. The van der Waals surface area contributed by atoms with Crippen molar-refractivity contribution >= 4 is 16.8 Å². The Balaban J connectivity index is 0.00000109. The molecule has 3 nitrogen and oxygen atoms in total. The van der Waals surface area contributed by atoms with E-state index >= 15 is 0 Å². The first-order chi connectivity index (χ1) is 12.1. The molecule has 0 spiro atoms. The van der Waals surface area contributed by atoms with Crippen LogP contribution >= 0.6 is 0 Å². The Morgan fingerprint density at radius 3 is 2.76 bits per heavy atom. The fourth-order valence-corrected chi connectivity index (χ4v) is 2.70. The molecule has 1 aromatic carbocycles. The molecule has 0 radical (unpaired) electrons. The fourth-order valence-electron chi connectivity index (χ4n) is 2.70. The van der Waals surface area contributed by atoms with Gasteiger partial charge in [0.05, 0.1) is 0 Å². The monoisotopic (exact) mass is 340 g/mol. The molecule has 1 heterocycles. The van der Waals surface area contributed by atoms with Crippen LogP contribution in [0.5, 0.6) is 0 Å². The highest BCUT2D eigenvalue weighted by atomic mass is 19.1. The van der Waals surface area contributed by atoms with Crippen LogP contribution in [0.2, 0.25) is 0 Å². The summed E-state index contributed by atoms with van der Waals surface area (Å²) in [6.45, 7) is 4.58. The van der Waals surface area contributed by atoms with E-state index in [0.29, 0.717) is 17.6 Å². The molecule has 1 amide bonds. The van der Waals surface area contributed by atoms with Crippen molar-refractivity contribution in [1.82, 2.24) is 9.88 Å². The van der Waals surface area contributed by atoms with E-state index < -0.39 is 0 Å². The van der Waals surface area contributed by atoms with E-state index in [0.717, 1.165) is 18.4 Å². The molecule has 0 atom stereocenters. The Kier molecular flexibility index (Phi) is 6.75. The molecule has 0 saturated heterocycles. The van der Waals surface area contributed by atoms with Gasteiger partial charge in [0.25, 0.3) is 5.91 Å². The number of aromatic nitrogens is 1. The zero-order chi connectivity index (χ0) is 18.2. The standard InChI is InChI=1S/C19H19FN2O.C2H6/c1-22(13-14-7-5-3-2-4-6-8-14)19(23)18-12-15-11-16(20)9-10-17(15)21-18;1-2/h2-5,8-12,21H,6-7,13H2,1H3;1-2H3/b4-2?,5-3-,14-8+;. The van der Waals surface area contributed by atoms with Crippen molar-refractivity contribution in [2.45, 2.75) is 26.7 Å². The number of rotatable bonds is 3. The number of nitrogens with one attached hydrogen (secondary N) is 1. The van der Waals surface area contributed by atoms with Gasteiger partial charge >= 0.3 is 0 Å². The van der Waals surface area contributed by atoms with Gasteiger partial charge in [-0.1, -0.05) is 49.8 Å². The van der Waals surface area contributed by atoms with Gasteiger partial charge in [-0.05, 0) is 37.1 Å². The average Bonchev–Trinajstić information content (AvgIpc) is 3.01. The maximum absolute atomic E-state index is 13.3. The lowest BCUT2D eigenvalue weighted by Gasteiger charge is -2.18. The van der Waals surface area contributed by atoms with Gasteiger partial charge in [0, 0.05) is 24.5 Å². The van der Waals surface area contributed by atoms with Crippen LogP contribution in [0, 0.1) is 5.82 Å². The largest absolute Gasteiger partial charge is 0.351 e. The predicted octanol–water partition coefficient (Wildman–Crippen LogP) is 5.24. The van der Waals surface area contributed by atoms with Gasteiger partial charge in [-0.2, -0.15) is 0 Å². The summed E-state index contributed by atoms with van der Waals surface area (Å²) in [4.78, 5) is 17.3. The molecule has 0 aliphatic heterocycles. The number of likely N-dealkylation sites (N-methyl/N-ethyl adjacent to an activating group) is 1. The van der Waals surface area contributed by atoms with Crippen molar-refractivity contribution in [3.8, 4) is 0 Å². The second-order valence-electron chi connectivity index (χ2n) is 5.73. The maximum atomic E-state index is 13.3. The minimum absolute atomic E-state index is 0.0934. The third kappa shape index (κ3) is 4.92. The molecule has 0 unspecified atom stereocenters. The van der Waals surface area contributed by atoms with Crippen LogP contribution in [0.15, 0.2) is 60.2 Å². The number of hydrogen-bond donors (Lipinski definition) is 1. The highest BCUT2D eigenvalue weighted by molar-refractivity contribution is 5.98. The lowest BCUT2D eigenvalue weighted by molar-refractivity contribution is 0.0801. The fraction of sp³-hybridized carbons (Fsp3) is 0.286. The summed E-state index contributed by atoms with van der Waals surface area (Å²) >= 11 is 0. The maximum Gasteiger partial charge on any atom is 0.270 e. The Hall–Kier alpha value is -2.62. The van der Waals surface area contributed by atoms with Crippen molar-refractivity contribution in [2.75, 3.05) is 13.6 Å². The smallest absolute Gasteiger partial charge is 0.270 e. The van der Waals surface area contributed by atoms with Gasteiger partial charge in [-0.15, -0.1) is 0 Å². The SMILES string of the molecule is CC.CN(C/C1=C/CC=C/C=C\C1)C(=O)c1cc2cc(F)ccc2[nH]1. The van der Waals surface area contributed by atoms with Crippen LogP contribution in [0.1, 0.15) is 37.2 Å². The molecule has 0 bridgehead atoms. The van der Waals surface area contributed by atoms with Crippen LogP contribution in [-0.2, 0) is 0 Å². The summed E-state index contributed by atoms with van der Waals surface area (Å²) in [7, 11) is 1.79. The summed E-state index contributed by atoms with van der Waals surface area (Å²) in [6.07, 6.45) is 12.1. The summed E-state index contributed by atoms with van der Waals surface area (Å²) in [5, 5.41) is 0.708. The normalized spacial score (nSPS) is 16.9. The second-order valence-corrected chi connectivity index (χ2v) is 5.73. The molecule has 1 aromatic heterocycles. The van der Waals surface area contributed by atoms with Gasteiger partial charge in [0.1, 0.15) is 11.5 Å². The zero-order valence-corrected chi connectivity index (χ0v) is 15.1. The number of aromatic amines is 1. The number of carbonyl (C=O) groups is 1. The quantitative estimate of drug-likeness (QED) is 0.762. The highest BCUT2D eigenvalue weighted by Crippen LogP contribution is 2.18. The minimum atomic E-state index is -0.302. The van der Waals surface area contributed by atoms with Crippen molar-refractivity contribution in [2.24, 2.45) is 0 Å². The first-order valence-corrected chi connectivity index (χ1v) is 8.67. The molecular weight excluding hydrogens is 315 g/mol. The van der Waals surface area contributed by atoms with Crippen LogP contribution in [0.4, 0.5) is 4.39 Å². The molecule has 4 heteroatoms. The van der Waals surface area contributed by atoms with E-state index in [1.165, 1.54) is 17.7 Å². The van der Waals surface area contributed by atoms with Crippen molar-refractivity contribution < 1.29 is 9.18 Å². The van der Waals surface area contributed by atoms with Crippen LogP contribution in [-0.4, -0.2) is 29.4 Å². The molecule has 0 saturated carbocycles. The lowest BCUT2D eigenvalue weighted by atomic mass is 10.1. The molecule has 132 valence electrons. The molecule has 3 rings (SSSR count). The number of carbonyl (C=O) groups excluding carboxylic acids is 1. The first kappa shape index (κ1) is 18.7. The van der Waals surface area contributed by atoms with E-state index in [9.17, 15) is 9.18 Å². The van der Waals surface area contributed by atoms with Crippen LogP contribution in [0.25, 0.3) is 10.9 Å². The predicted molar refractivity (Wildman–Crippen MR) is 102 cm³/mol. The third-order valence-electron chi connectivity index (χ3n) is 3.91. The molecule has 0 fully saturated rings. The number of H-pyrrole nitrogens is 1. The Bertz CT molecular complexity index is 814. The van der Waals surface area contributed by atoms with Crippen LogP contribution in [0.3, 0.4) is 0 Å². The Morgan fingerprint density at radius 1 is 1.20 bits per heavy atom. The number of allylic oxidation sites excluding steroid dienone is 5. The number of nitrogens with zero attached hydrogens (tertiary/aromatic N) is 1. The van der Waals surface area contributed by atoms with Crippen LogP contribution < -0.4 is 0 Å². The summed E-state index contributed by atoms with van der Waals surface area (Å²) in [5.74, 6) is -0.396. The van der Waals surface area contributed by atoms with Gasteiger partial charge in [-0.3, -0.25) is 4.79 Å². The number of hydrogen-bond acceptors (Lipinski definition) is 1. The minimum Gasteiger partial charge on any atom is -0.351 e. The van der Waals surface area contributed by atoms with E-state index in [1.807, 2.05) is 26.0 Å². The molecule has 1 aliphatic carbocycles. The molecule has 25 heavy (non-hydrogen) atoms. The second kappa shape index (κ2) is 9.02. The third-order valence-corrected chi connectivity index (χ3v) is 3.91. The molecular formula is C21H25FN2O. The topological polar surface area (TPSA) is 36.1 Å². The molecule has 1 N–H and O–H groups in total. The summed E-state index contributed by atoms with van der Waals surface area (Å²) < 4.78 is 13.3. The van der Waals surface area contributed by atoms with E-state index in [1.54, 1.807) is 24.1 Å². The zero-order valence-electron chi connectivity index (χ0n) is 15.1. The van der Waals surface area contributed by atoms with Crippen molar-refractivity contribution in [1.29, 1.82) is 0 Å². The van der Waals surface area contributed by atoms with Gasteiger partial charge in [0.2, 0.25) is 0 Å². The van der Waals surface area contributed by atoms with Crippen molar-refractivity contribution in [3.05, 3.63) is 71.7 Å². The average molecular weight is 340 g/mol. The number of amides is 1. The van der Waals surface area contributed by atoms with Crippen molar-refractivity contribution in [3.63, 3.8) is 0 Å². The summed E-state index contributed by atoms with van der Waals surface area (Å²) in [6, 6.07) is 6.16. The Labute approximate surface area is 148 Å². The van der Waals surface area contributed by atoms with E-state index in [-0.39, 0.29) is 11.7 Å². The highest BCUT2D eigenvalue weighted by Gasteiger charge is 2.15. The number of benzene rings is 1.